The number of carbonyl (C=O) groups is 1. The van der Waals surface area contributed by atoms with Gasteiger partial charge in [-0.25, -0.2) is 15.2 Å². The van der Waals surface area contributed by atoms with Crippen LogP contribution >= 0.6 is 7.44 Å². The van der Waals surface area contributed by atoms with Crippen LogP contribution in [0.4, 0.5) is 5.95 Å². The third-order valence-electron chi connectivity index (χ3n) is 6.14. The maximum Gasteiger partial charge on any atom is 0.323 e. The number of ether oxygens (including phenoxy) is 3. The van der Waals surface area contributed by atoms with Gasteiger partial charge in [0.2, 0.25) is 13.4 Å². The van der Waals surface area contributed by atoms with Crippen molar-refractivity contribution in [2.24, 2.45) is 5.41 Å². The Morgan fingerprint density at radius 3 is 2.67 bits per heavy atom. The number of nitrogen functional groups attached to an aromatic ring is 1. The second-order valence-electron chi connectivity index (χ2n) is 9.92. The number of aromatic nitrogens is 4. The summed E-state index contributed by atoms with van der Waals surface area (Å²) in [7, 11) is -3.25. The molecule has 0 bridgehead atoms. The summed E-state index contributed by atoms with van der Waals surface area (Å²) in [4.78, 5) is 35.0. The highest BCUT2D eigenvalue weighted by atomic mass is 31.2. The summed E-state index contributed by atoms with van der Waals surface area (Å²) in [6.45, 7) is 11.9. The molecule has 13 nitrogen and oxygen atoms in total. The molecule has 1 aliphatic heterocycles. The smallest absolute Gasteiger partial charge is 0.323 e. The summed E-state index contributed by atoms with van der Waals surface area (Å²) < 4.78 is 31.9. The number of aryl methyl sites for hydroxylation is 1. The number of H-pyrrole nitrogens is 1. The molecule has 2 aromatic rings. The number of nitrogens with zero attached hydrogens (tertiary/aromatic N) is 3. The van der Waals surface area contributed by atoms with Gasteiger partial charge in [-0.15, -0.1) is 0 Å². The summed E-state index contributed by atoms with van der Waals surface area (Å²) in [6, 6.07) is -1.11. The number of aromatic amines is 1. The summed E-state index contributed by atoms with van der Waals surface area (Å²) in [5, 5.41) is 6.12. The Morgan fingerprint density at radius 1 is 1.33 bits per heavy atom. The van der Waals surface area contributed by atoms with E-state index in [1.54, 1.807) is 31.7 Å². The number of carbonyl (C=O) groups excluding carboxylic acids is 1. The third-order valence-corrected chi connectivity index (χ3v) is 8.62. The number of anilines is 1. The van der Waals surface area contributed by atoms with Crippen molar-refractivity contribution in [1.82, 2.24) is 29.7 Å². The van der Waals surface area contributed by atoms with E-state index in [4.69, 9.17) is 19.9 Å². The zero-order valence-electron chi connectivity index (χ0n) is 21.7. The Balaban J connectivity index is 1.67. The average Bonchev–Trinajstić information content (AvgIpc) is 3.17. The molecular weight excluding hydrogens is 489 g/mol. The van der Waals surface area contributed by atoms with Crippen LogP contribution in [0.25, 0.3) is 11.2 Å². The minimum Gasteiger partial charge on any atom is -0.465 e. The maximum absolute atomic E-state index is 14.0. The second-order valence-corrected chi connectivity index (χ2v) is 12.4. The molecule has 0 aliphatic carbocycles. The topological polar surface area (TPSA) is 175 Å². The van der Waals surface area contributed by atoms with Crippen LogP contribution in [0.2, 0.25) is 0 Å². The zero-order valence-corrected chi connectivity index (χ0v) is 22.6. The summed E-state index contributed by atoms with van der Waals surface area (Å²) in [6.07, 6.45) is 2.31. The van der Waals surface area contributed by atoms with E-state index in [2.05, 4.69) is 39.0 Å². The van der Waals surface area contributed by atoms with Gasteiger partial charge in [0.1, 0.15) is 6.04 Å². The van der Waals surface area contributed by atoms with Crippen molar-refractivity contribution >= 4 is 30.5 Å². The molecule has 3 atom stereocenters. The van der Waals surface area contributed by atoms with Crippen LogP contribution < -0.4 is 21.5 Å². The van der Waals surface area contributed by atoms with Crippen LogP contribution in [-0.2, 0) is 30.1 Å². The fourth-order valence-corrected chi connectivity index (χ4v) is 6.72. The van der Waals surface area contributed by atoms with Crippen LogP contribution in [-0.4, -0.2) is 62.9 Å². The number of esters is 1. The van der Waals surface area contributed by atoms with Crippen LogP contribution in [0.15, 0.2) is 11.1 Å². The SMILES string of the molecule is CCOC(=O)[C@H](C)NP(=O)(CCC(C)(C)CCn1cnc2c(=O)[nH]c(N)nc21)N[C@@H](C)C1OC(C)O1. The van der Waals surface area contributed by atoms with Crippen molar-refractivity contribution in [3.63, 3.8) is 0 Å². The Kier molecular flexibility index (Phi) is 8.94. The highest BCUT2D eigenvalue weighted by molar-refractivity contribution is 7.59. The van der Waals surface area contributed by atoms with Gasteiger partial charge in [0, 0.05) is 12.7 Å². The van der Waals surface area contributed by atoms with E-state index >= 15 is 0 Å². The fraction of sp³-hybridized carbons (Fsp3) is 0.727. The third kappa shape index (κ3) is 7.13. The first-order chi connectivity index (χ1) is 16.8. The Labute approximate surface area is 210 Å². The summed E-state index contributed by atoms with van der Waals surface area (Å²) in [5.41, 5.74) is 5.72. The van der Waals surface area contributed by atoms with E-state index in [9.17, 15) is 14.2 Å². The molecule has 3 heterocycles. The molecule has 1 fully saturated rings. The lowest BCUT2D eigenvalue weighted by molar-refractivity contribution is -0.381. The molecule has 0 amide bonds. The lowest BCUT2D eigenvalue weighted by Gasteiger charge is -2.39. The molecule has 1 unspecified atom stereocenters. The van der Waals surface area contributed by atoms with Crippen molar-refractivity contribution in [1.29, 1.82) is 0 Å². The fourth-order valence-electron chi connectivity index (χ4n) is 3.96. The average molecular weight is 528 g/mol. The van der Waals surface area contributed by atoms with Crippen LogP contribution in [0.1, 0.15) is 54.4 Å². The van der Waals surface area contributed by atoms with Gasteiger partial charge in [-0.1, -0.05) is 13.8 Å². The van der Waals surface area contributed by atoms with E-state index in [1.165, 1.54) is 0 Å². The van der Waals surface area contributed by atoms with Crippen LogP contribution in [0, 0.1) is 5.41 Å². The predicted octanol–water partition coefficient (Wildman–Crippen LogP) is 1.94. The molecule has 36 heavy (non-hydrogen) atoms. The van der Waals surface area contributed by atoms with Gasteiger partial charge in [-0.3, -0.25) is 19.1 Å². The van der Waals surface area contributed by atoms with E-state index < -0.39 is 25.7 Å². The molecule has 1 aliphatic rings. The monoisotopic (exact) mass is 527 g/mol. The molecule has 0 spiro atoms. The Bertz CT molecular complexity index is 1160. The normalized spacial score (nSPS) is 21.5. The van der Waals surface area contributed by atoms with E-state index in [-0.39, 0.29) is 47.5 Å². The molecule has 2 aromatic heterocycles. The van der Waals surface area contributed by atoms with Gasteiger partial charge in [0.15, 0.2) is 23.7 Å². The van der Waals surface area contributed by atoms with Gasteiger partial charge in [-0.05, 0) is 46.0 Å². The second kappa shape index (κ2) is 11.4. The number of nitrogens with two attached hydrogens (primary N) is 1. The number of imidazole rings is 1. The lowest BCUT2D eigenvalue weighted by Crippen LogP contribution is -2.52. The first kappa shape index (κ1) is 28.3. The Morgan fingerprint density at radius 2 is 2.03 bits per heavy atom. The zero-order chi connectivity index (χ0) is 26.7. The van der Waals surface area contributed by atoms with Crippen molar-refractivity contribution in [3.05, 3.63) is 16.7 Å². The van der Waals surface area contributed by atoms with Crippen LogP contribution in [0.5, 0.6) is 0 Å². The molecule has 3 rings (SSSR count). The largest absolute Gasteiger partial charge is 0.465 e. The number of hydrogen-bond donors (Lipinski definition) is 4. The Hall–Kier alpha value is -2.31. The quantitative estimate of drug-likeness (QED) is 0.221. The number of rotatable bonds is 13. The maximum atomic E-state index is 14.0. The molecule has 14 heteroatoms. The van der Waals surface area contributed by atoms with Crippen molar-refractivity contribution in [2.75, 3.05) is 18.5 Å². The molecule has 0 aromatic carbocycles. The number of nitrogens with one attached hydrogen (secondary N) is 3. The highest BCUT2D eigenvalue weighted by Gasteiger charge is 2.38. The van der Waals surface area contributed by atoms with Gasteiger partial charge in [0.25, 0.3) is 5.56 Å². The molecule has 1 saturated heterocycles. The first-order valence-electron chi connectivity index (χ1n) is 12.2. The van der Waals surface area contributed by atoms with Crippen molar-refractivity contribution < 1.29 is 23.6 Å². The molecular formula is C22H38N7O6P. The molecule has 0 radical (unpaired) electrons. The van der Waals surface area contributed by atoms with Crippen LogP contribution in [0.3, 0.4) is 0 Å². The summed E-state index contributed by atoms with van der Waals surface area (Å²) in [5.74, 6) is -0.435. The minimum absolute atomic E-state index is 0.0326. The highest BCUT2D eigenvalue weighted by Crippen LogP contribution is 2.43. The lowest BCUT2D eigenvalue weighted by atomic mass is 9.86. The standard InChI is InChI=1S/C22H38N7O6P/c1-7-33-19(31)13(2)27-36(32,28-14(3)20-34-15(4)35-20)11-9-22(5,6)8-10-29-12-24-16-17(29)25-21(23)26-18(16)30/h12-15,20H,7-11H2,1-6H3,(H2,27,28,32)(H3,23,25,26,30)/t13-,14-,15?,20?,36?/m0/s1. The van der Waals surface area contributed by atoms with Crippen molar-refractivity contribution in [3.8, 4) is 0 Å². The molecule has 5 N–H and O–H groups in total. The van der Waals surface area contributed by atoms with Gasteiger partial charge >= 0.3 is 5.97 Å². The first-order valence-corrected chi connectivity index (χ1v) is 14.0. The van der Waals surface area contributed by atoms with E-state index in [0.29, 0.717) is 25.0 Å². The number of fused-ring (bicyclic) bond motifs is 1. The molecule has 202 valence electrons. The van der Waals surface area contributed by atoms with E-state index in [1.807, 2.05) is 6.92 Å². The van der Waals surface area contributed by atoms with Gasteiger partial charge in [0.05, 0.1) is 19.0 Å². The van der Waals surface area contributed by atoms with Gasteiger partial charge < -0.3 is 24.5 Å². The molecule has 0 saturated carbocycles. The van der Waals surface area contributed by atoms with Crippen molar-refractivity contribution in [2.45, 2.75) is 85.6 Å². The van der Waals surface area contributed by atoms with E-state index in [0.717, 1.165) is 0 Å². The predicted molar refractivity (Wildman–Crippen MR) is 135 cm³/mol. The van der Waals surface area contributed by atoms with Gasteiger partial charge in [-0.2, -0.15) is 4.98 Å². The summed E-state index contributed by atoms with van der Waals surface area (Å²) >= 11 is 0. The minimum atomic E-state index is -3.25. The number of hydrogen-bond acceptors (Lipinski definition) is 9.